The lowest BCUT2D eigenvalue weighted by atomic mass is 10.1. The maximum absolute atomic E-state index is 12.5. The third kappa shape index (κ3) is 4.73. The van der Waals surface area contributed by atoms with Crippen molar-refractivity contribution in [2.75, 3.05) is 16.8 Å². The molecule has 2 unspecified atom stereocenters. The molecular formula is C13H17F3N2O2S. The van der Waals surface area contributed by atoms with Crippen LogP contribution >= 0.6 is 0 Å². The van der Waals surface area contributed by atoms with E-state index in [0.717, 1.165) is 18.2 Å². The van der Waals surface area contributed by atoms with Gasteiger partial charge in [-0.1, -0.05) is 6.92 Å². The van der Waals surface area contributed by atoms with Gasteiger partial charge in [0, 0.05) is 16.6 Å². The molecule has 4 nitrogen and oxygen atoms in total. The SMILES string of the molecule is CCCS(=O)C(C)C(=O)Nc1ccc(C(F)(F)F)cc1N. The van der Waals surface area contributed by atoms with Gasteiger partial charge in [0.1, 0.15) is 5.25 Å². The number of hydrogen-bond donors (Lipinski definition) is 2. The first-order chi connectivity index (χ1) is 9.66. The quantitative estimate of drug-likeness (QED) is 0.819. The number of nitrogen functional groups attached to an aromatic ring is 1. The summed E-state index contributed by atoms with van der Waals surface area (Å²) in [7, 11) is -1.33. The molecule has 0 spiro atoms. The summed E-state index contributed by atoms with van der Waals surface area (Å²) in [6.45, 7) is 3.34. The predicted molar refractivity (Wildman–Crippen MR) is 77.2 cm³/mol. The van der Waals surface area contributed by atoms with Crippen molar-refractivity contribution in [1.29, 1.82) is 0 Å². The van der Waals surface area contributed by atoms with Crippen molar-refractivity contribution < 1.29 is 22.2 Å². The van der Waals surface area contributed by atoms with Crippen LogP contribution in [0, 0.1) is 0 Å². The summed E-state index contributed by atoms with van der Waals surface area (Å²) in [5, 5.41) is 1.65. The second-order valence-electron chi connectivity index (χ2n) is 4.52. The molecule has 0 aliphatic rings. The smallest absolute Gasteiger partial charge is 0.397 e. The van der Waals surface area contributed by atoms with E-state index in [1.807, 2.05) is 6.92 Å². The van der Waals surface area contributed by atoms with Crippen LogP contribution in [0.25, 0.3) is 0 Å². The lowest BCUT2D eigenvalue weighted by Gasteiger charge is -2.14. The van der Waals surface area contributed by atoms with Crippen LogP contribution in [0.15, 0.2) is 18.2 Å². The molecule has 8 heteroatoms. The van der Waals surface area contributed by atoms with Gasteiger partial charge in [-0.15, -0.1) is 0 Å². The minimum absolute atomic E-state index is 0.0772. The molecule has 1 aromatic rings. The van der Waals surface area contributed by atoms with Gasteiger partial charge in [-0.3, -0.25) is 9.00 Å². The van der Waals surface area contributed by atoms with E-state index in [1.165, 1.54) is 6.92 Å². The third-order valence-electron chi connectivity index (χ3n) is 2.81. The Bertz CT molecular complexity index is 547. The Labute approximate surface area is 123 Å². The average molecular weight is 322 g/mol. The highest BCUT2D eigenvalue weighted by Crippen LogP contribution is 2.32. The summed E-state index contributed by atoms with van der Waals surface area (Å²) in [6, 6.07) is 2.68. The number of nitrogens with one attached hydrogen (secondary N) is 1. The Morgan fingerprint density at radius 1 is 1.43 bits per heavy atom. The number of anilines is 2. The van der Waals surface area contributed by atoms with Crippen molar-refractivity contribution in [3.63, 3.8) is 0 Å². The molecule has 0 saturated carbocycles. The summed E-state index contributed by atoms with van der Waals surface area (Å²) in [5.74, 6) is -0.148. The molecule has 0 fully saturated rings. The van der Waals surface area contributed by atoms with Crippen molar-refractivity contribution >= 4 is 28.1 Å². The van der Waals surface area contributed by atoms with Crippen LogP contribution in [-0.2, 0) is 21.8 Å². The van der Waals surface area contributed by atoms with Crippen molar-refractivity contribution in [2.24, 2.45) is 0 Å². The molecular weight excluding hydrogens is 305 g/mol. The van der Waals surface area contributed by atoms with Crippen LogP contribution in [0.3, 0.4) is 0 Å². The molecule has 0 aromatic heterocycles. The van der Waals surface area contributed by atoms with Gasteiger partial charge in [0.15, 0.2) is 0 Å². The molecule has 0 aliphatic carbocycles. The van der Waals surface area contributed by atoms with Crippen molar-refractivity contribution in [1.82, 2.24) is 0 Å². The second-order valence-corrected chi connectivity index (χ2v) is 6.39. The molecule has 0 radical (unpaired) electrons. The zero-order chi connectivity index (χ0) is 16.2. The molecule has 0 heterocycles. The molecule has 0 aliphatic heterocycles. The van der Waals surface area contributed by atoms with Gasteiger partial charge in [-0.05, 0) is 31.5 Å². The Balaban J connectivity index is 2.84. The largest absolute Gasteiger partial charge is 0.416 e. The fraction of sp³-hybridized carbons (Fsp3) is 0.462. The lowest BCUT2D eigenvalue weighted by Crippen LogP contribution is -2.30. The highest BCUT2D eigenvalue weighted by molar-refractivity contribution is 7.86. The maximum Gasteiger partial charge on any atom is 0.416 e. The standard InChI is InChI=1S/C13H17F3N2O2S/c1-3-6-21(20)8(2)12(19)18-11-5-4-9(7-10(11)17)13(14,15)16/h4-5,7-8H,3,6,17H2,1-2H3,(H,18,19). The summed E-state index contributed by atoms with van der Waals surface area (Å²) in [5.41, 5.74) is 4.51. The van der Waals surface area contributed by atoms with Crippen LogP contribution < -0.4 is 11.1 Å². The summed E-state index contributed by atoms with van der Waals surface area (Å²) in [6.07, 6.45) is -3.82. The minimum Gasteiger partial charge on any atom is -0.397 e. The number of halogens is 3. The van der Waals surface area contributed by atoms with Crippen LogP contribution in [0.5, 0.6) is 0 Å². The van der Waals surface area contributed by atoms with E-state index in [2.05, 4.69) is 5.32 Å². The highest BCUT2D eigenvalue weighted by atomic mass is 32.2. The van der Waals surface area contributed by atoms with Gasteiger partial charge in [0.05, 0.1) is 16.9 Å². The van der Waals surface area contributed by atoms with E-state index in [9.17, 15) is 22.2 Å². The minimum atomic E-state index is -4.49. The molecule has 1 aromatic carbocycles. The van der Waals surface area contributed by atoms with Gasteiger partial charge >= 0.3 is 6.18 Å². The second kappa shape index (κ2) is 6.93. The van der Waals surface area contributed by atoms with Crippen molar-refractivity contribution in [3.05, 3.63) is 23.8 Å². The molecule has 0 bridgehead atoms. The normalized spacial score (nSPS) is 14.5. The number of benzene rings is 1. The highest BCUT2D eigenvalue weighted by Gasteiger charge is 2.31. The number of carbonyl (C=O) groups excluding carboxylic acids is 1. The Morgan fingerprint density at radius 3 is 2.52 bits per heavy atom. The van der Waals surface area contributed by atoms with Gasteiger partial charge in [0.25, 0.3) is 0 Å². The number of alkyl halides is 3. The molecule has 21 heavy (non-hydrogen) atoms. The first-order valence-electron chi connectivity index (χ1n) is 6.31. The molecule has 3 N–H and O–H groups in total. The summed E-state index contributed by atoms with van der Waals surface area (Å²) in [4.78, 5) is 11.9. The van der Waals surface area contributed by atoms with Crippen molar-refractivity contribution in [2.45, 2.75) is 31.7 Å². The topological polar surface area (TPSA) is 72.2 Å². The van der Waals surface area contributed by atoms with E-state index in [4.69, 9.17) is 5.73 Å². The zero-order valence-electron chi connectivity index (χ0n) is 11.7. The van der Waals surface area contributed by atoms with Crippen LogP contribution in [-0.4, -0.2) is 21.1 Å². The summed E-state index contributed by atoms with van der Waals surface area (Å²) >= 11 is 0. The number of amides is 1. The van der Waals surface area contributed by atoms with Crippen LogP contribution in [0.2, 0.25) is 0 Å². The molecule has 1 amide bonds. The van der Waals surface area contributed by atoms with E-state index in [1.54, 1.807) is 0 Å². The fourth-order valence-corrected chi connectivity index (χ4v) is 2.64. The predicted octanol–water partition coefficient (Wildman–Crippen LogP) is 2.77. The van der Waals surface area contributed by atoms with Gasteiger partial charge in [0.2, 0.25) is 5.91 Å². The molecule has 118 valence electrons. The Hall–Kier alpha value is -1.57. The maximum atomic E-state index is 12.5. The average Bonchev–Trinajstić information content (AvgIpc) is 2.39. The first-order valence-corrected chi connectivity index (χ1v) is 7.69. The Morgan fingerprint density at radius 2 is 2.05 bits per heavy atom. The number of hydrogen-bond acceptors (Lipinski definition) is 3. The monoisotopic (exact) mass is 322 g/mol. The zero-order valence-corrected chi connectivity index (χ0v) is 12.5. The summed E-state index contributed by atoms with van der Waals surface area (Å²) < 4.78 is 49.2. The Kier molecular flexibility index (Phi) is 5.77. The van der Waals surface area contributed by atoms with Crippen LogP contribution in [0.1, 0.15) is 25.8 Å². The van der Waals surface area contributed by atoms with Crippen molar-refractivity contribution in [3.8, 4) is 0 Å². The molecule has 2 atom stereocenters. The fourth-order valence-electron chi connectivity index (χ4n) is 1.58. The van der Waals surface area contributed by atoms with E-state index >= 15 is 0 Å². The first kappa shape index (κ1) is 17.5. The number of carbonyl (C=O) groups is 1. The number of rotatable bonds is 5. The number of nitrogens with two attached hydrogens (primary N) is 1. The van der Waals surface area contributed by atoms with Gasteiger partial charge < -0.3 is 11.1 Å². The van der Waals surface area contributed by atoms with E-state index in [-0.39, 0.29) is 11.4 Å². The van der Waals surface area contributed by atoms with Gasteiger partial charge in [-0.25, -0.2) is 0 Å². The van der Waals surface area contributed by atoms with Gasteiger partial charge in [-0.2, -0.15) is 13.2 Å². The molecule has 1 rings (SSSR count). The van der Waals surface area contributed by atoms with E-state index < -0.39 is 33.7 Å². The third-order valence-corrected chi connectivity index (χ3v) is 4.62. The molecule has 0 saturated heterocycles. The van der Waals surface area contributed by atoms with Crippen LogP contribution in [0.4, 0.5) is 24.5 Å². The lowest BCUT2D eigenvalue weighted by molar-refractivity contribution is -0.137. The van der Waals surface area contributed by atoms with E-state index in [0.29, 0.717) is 12.2 Å².